The predicted octanol–water partition coefficient (Wildman–Crippen LogP) is 21.0. The number of hydrogen-bond donors (Lipinski definition) is 3. The van der Waals surface area contributed by atoms with Crippen molar-refractivity contribution in [3.05, 3.63) is 0 Å². The molecular weight excluding hydrogens is 1210 g/mol. The molecule has 0 aliphatic rings. The van der Waals surface area contributed by atoms with Crippen molar-refractivity contribution in [2.24, 2.45) is 17.8 Å². The van der Waals surface area contributed by atoms with Gasteiger partial charge >= 0.3 is 39.5 Å². The van der Waals surface area contributed by atoms with Crippen LogP contribution in [0.2, 0.25) is 0 Å². The topological polar surface area (TPSA) is 237 Å². The summed E-state index contributed by atoms with van der Waals surface area (Å²) in [5.41, 5.74) is 0. The van der Waals surface area contributed by atoms with E-state index in [2.05, 4.69) is 48.5 Å². The Morgan fingerprint density at radius 2 is 0.554 bits per heavy atom. The monoisotopic (exact) mass is 1350 g/mol. The van der Waals surface area contributed by atoms with Crippen LogP contribution < -0.4 is 0 Å². The summed E-state index contributed by atoms with van der Waals surface area (Å²) in [6.07, 6.45) is 48.6. The minimum Gasteiger partial charge on any atom is -0.462 e. The molecule has 3 unspecified atom stereocenters. The Balaban J connectivity index is 5.21. The van der Waals surface area contributed by atoms with Crippen molar-refractivity contribution in [2.75, 3.05) is 39.6 Å². The van der Waals surface area contributed by atoms with Gasteiger partial charge in [-0.15, -0.1) is 0 Å². The van der Waals surface area contributed by atoms with Crippen LogP contribution in [0.15, 0.2) is 0 Å². The molecule has 3 N–H and O–H groups in total. The summed E-state index contributed by atoms with van der Waals surface area (Å²) in [4.78, 5) is 72.6. The first-order valence-corrected chi connectivity index (χ1v) is 40.9. The Kier molecular flexibility index (Phi) is 62.4. The van der Waals surface area contributed by atoms with Crippen LogP contribution in [0.3, 0.4) is 0 Å². The van der Waals surface area contributed by atoms with Gasteiger partial charge in [0.2, 0.25) is 0 Å². The maximum atomic E-state index is 13.1. The van der Waals surface area contributed by atoms with Gasteiger partial charge in [0, 0.05) is 25.7 Å². The van der Waals surface area contributed by atoms with E-state index in [1.165, 1.54) is 167 Å². The van der Waals surface area contributed by atoms with Gasteiger partial charge in [0.25, 0.3) is 0 Å². The zero-order valence-corrected chi connectivity index (χ0v) is 61.8. The maximum Gasteiger partial charge on any atom is 0.472 e. The van der Waals surface area contributed by atoms with Gasteiger partial charge in [-0.1, -0.05) is 318 Å². The van der Waals surface area contributed by atoms with Crippen LogP contribution in [0.4, 0.5) is 0 Å². The number of carbonyl (C=O) groups is 4. The zero-order valence-electron chi connectivity index (χ0n) is 60.0. The number of rotatable bonds is 71. The van der Waals surface area contributed by atoms with Crippen LogP contribution >= 0.6 is 15.6 Å². The van der Waals surface area contributed by atoms with Crippen molar-refractivity contribution in [2.45, 2.75) is 388 Å². The molecule has 0 spiro atoms. The van der Waals surface area contributed by atoms with Crippen molar-refractivity contribution in [1.29, 1.82) is 0 Å². The molecule has 0 radical (unpaired) electrons. The van der Waals surface area contributed by atoms with Crippen LogP contribution in [-0.4, -0.2) is 96.7 Å². The average molecular weight is 1350 g/mol. The lowest BCUT2D eigenvalue weighted by atomic mass is 9.99. The molecule has 0 aromatic carbocycles. The Morgan fingerprint density at radius 3 is 0.826 bits per heavy atom. The van der Waals surface area contributed by atoms with E-state index < -0.39 is 97.5 Å². The largest absolute Gasteiger partial charge is 0.472 e. The molecule has 0 heterocycles. The van der Waals surface area contributed by atoms with Crippen LogP contribution in [0.25, 0.3) is 0 Å². The number of phosphoric acid groups is 2. The van der Waals surface area contributed by atoms with Gasteiger partial charge in [-0.05, 0) is 43.4 Å². The predicted molar refractivity (Wildman–Crippen MR) is 372 cm³/mol. The molecule has 0 fully saturated rings. The van der Waals surface area contributed by atoms with Crippen LogP contribution in [0.1, 0.15) is 370 Å². The van der Waals surface area contributed by atoms with Gasteiger partial charge in [-0.2, -0.15) is 0 Å². The molecule has 19 heteroatoms. The molecule has 0 aliphatic carbocycles. The van der Waals surface area contributed by atoms with Gasteiger partial charge in [0.15, 0.2) is 12.2 Å². The van der Waals surface area contributed by atoms with E-state index in [4.69, 9.17) is 37.0 Å². The molecule has 92 heavy (non-hydrogen) atoms. The summed E-state index contributed by atoms with van der Waals surface area (Å²) in [6, 6.07) is 0. The fourth-order valence-electron chi connectivity index (χ4n) is 11.0. The van der Waals surface area contributed by atoms with Crippen molar-refractivity contribution >= 4 is 39.5 Å². The van der Waals surface area contributed by atoms with Gasteiger partial charge < -0.3 is 33.8 Å². The third-order valence-electron chi connectivity index (χ3n) is 17.2. The number of esters is 4. The number of carbonyl (C=O) groups excluding carboxylic acids is 4. The van der Waals surface area contributed by atoms with Crippen molar-refractivity contribution in [3.63, 3.8) is 0 Å². The van der Waals surface area contributed by atoms with Gasteiger partial charge in [0.05, 0.1) is 26.4 Å². The number of aliphatic hydroxyl groups excluding tert-OH is 1. The second-order valence-electron chi connectivity index (χ2n) is 27.5. The van der Waals surface area contributed by atoms with E-state index >= 15 is 0 Å². The number of ether oxygens (including phenoxy) is 4. The second-order valence-corrected chi connectivity index (χ2v) is 30.4. The van der Waals surface area contributed by atoms with Gasteiger partial charge in [-0.25, -0.2) is 9.13 Å². The first-order valence-electron chi connectivity index (χ1n) is 37.9. The highest BCUT2D eigenvalue weighted by atomic mass is 31.2. The average Bonchev–Trinajstić information content (AvgIpc) is 2.08. The van der Waals surface area contributed by atoms with Crippen molar-refractivity contribution < 1.29 is 80.2 Å². The fraction of sp³-hybridized carbons (Fsp3) is 0.945. The third-order valence-corrected chi connectivity index (χ3v) is 19.1. The highest BCUT2D eigenvalue weighted by Gasteiger charge is 2.30. The van der Waals surface area contributed by atoms with E-state index in [-0.39, 0.29) is 25.7 Å². The molecule has 0 aliphatic heterocycles. The second kappa shape index (κ2) is 63.8. The normalized spacial score (nSPS) is 14.4. The van der Waals surface area contributed by atoms with E-state index in [9.17, 15) is 43.2 Å². The molecule has 0 bridgehead atoms. The maximum absolute atomic E-state index is 13.1. The van der Waals surface area contributed by atoms with Crippen LogP contribution in [0.5, 0.6) is 0 Å². The third kappa shape index (κ3) is 65.4. The zero-order chi connectivity index (χ0) is 68.0. The molecular formula is C73H142O17P2. The number of unbranched alkanes of at least 4 members (excludes halogenated alkanes) is 38. The SMILES string of the molecule is CCCCCCCCCC(=O)OC[C@H](COP(=O)(O)OC[C@H](O)COP(=O)(O)OC[C@@H](COC(=O)CCCCCCCCCCCCCC(C)C)OC(=O)CCCCCCCCCCCCCCCCC(C)CC)OC(=O)CCCCCCCCCCCCC(C)C. The Hall–Kier alpha value is -1.94. The minimum absolute atomic E-state index is 0.105. The van der Waals surface area contributed by atoms with Crippen molar-refractivity contribution in [3.8, 4) is 0 Å². The van der Waals surface area contributed by atoms with Gasteiger partial charge in [0.1, 0.15) is 19.3 Å². The van der Waals surface area contributed by atoms with E-state index in [0.29, 0.717) is 25.7 Å². The molecule has 17 nitrogen and oxygen atoms in total. The molecule has 0 aromatic heterocycles. The lowest BCUT2D eigenvalue weighted by molar-refractivity contribution is -0.161. The first kappa shape index (κ1) is 90.1. The van der Waals surface area contributed by atoms with Crippen molar-refractivity contribution in [1.82, 2.24) is 0 Å². The standard InChI is InChI=1S/C73H142O17P2/c1-8-10-11-12-30-40-47-54-70(75)83-60-68(89-73(78)57-50-43-36-29-23-22-25-32-38-45-52-65(5)6)62-87-91(79,80)85-58-67(74)59-86-92(81,82)88-63-69(61-84-71(76)55-48-41-34-27-21-17-18-24-31-37-44-51-64(3)4)90-72(77)56-49-42-35-28-20-16-14-13-15-19-26-33-39-46-53-66(7)9-2/h64-69,74H,8-63H2,1-7H3,(H,79,80)(H,81,82)/t66?,67-,68+,69+/m0/s1. The van der Waals surface area contributed by atoms with E-state index in [1.54, 1.807) is 0 Å². The molecule has 0 rings (SSSR count). The summed E-state index contributed by atoms with van der Waals surface area (Å²) in [6.45, 7) is 11.9. The molecule has 546 valence electrons. The highest BCUT2D eigenvalue weighted by molar-refractivity contribution is 7.47. The van der Waals surface area contributed by atoms with Crippen LogP contribution in [0, 0.1) is 17.8 Å². The highest BCUT2D eigenvalue weighted by Crippen LogP contribution is 2.45. The molecule has 0 saturated carbocycles. The van der Waals surface area contributed by atoms with E-state index in [0.717, 1.165) is 120 Å². The molecule has 0 aromatic rings. The Bertz CT molecular complexity index is 1800. The lowest BCUT2D eigenvalue weighted by Crippen LogP contribution is -2.30. The van der Waals surface area contributed by atoms with Gasteiger partial charge in [-0.3, -0.25) is 37.3 Å². The fourth-order valence-corrected chi connectivity index (χ4v) is 12.6. The Labute approximate surface area is 562 Å². The number of phosphoric ester groups is 2. The summed E-state index contributed by atoms with van der Waals surface area (Å²) in [5, 5.41) is 10.6. The Morgan fingerprint density at radius 1 is 0.315 bits per heavy atom. The summed E-state index contributed by atoms with van der Waals surface area (Å²) < 4.78 is 68.3. The number of hydrogen-bond acceptors (Lipinski definition) is 15. The smallest absolute Gasteiger partial charge is 0.462 e. The first-order chi connectivity index (χ1) is 44.3. The number of aliphatic hydroxyl groups is 1. The summed E-state index contributed by atoms with van der Waals surface area (Å²) in [7, 11) is -9.90. The molecule has 6 atom stereocenters. The van der Waals surface area contributed by atoms with Crippen LogP contribution in [-0.2, 0) is 65.4 Å². The summed E-state index contributed by atoms with van der Waals surface area (Å²) >= 11 is 0. The molecule has 0 amide bonds. The lowest BCUT2D eigenvalue weighted by Gasteiger charge is -2.21. The molecule has 0 saturated heterocycles. The summed E-state index contributed by atoms with van der Waals surface area (Å²) in [5.74, 6) is 0.243. The quantitative estimate of drug-likeness (QED) is 0.0222. The minimum atomic E-state index is -4.95. The van der Waals surface area contributed by atoms with E-state index in [1.807, 2.05) is 0 Å².